The van der Waals surface area contributed by atoms with Gasteiger partial charge in [0.2, 0.25) is 0 Å². The van der Waals surface area contributed by atoms with Gasteiger partial charge < -0.3 is 20.6 Å². The second-order valence-corrected chi connectivity index (χ2v) is 9.56. The van der Waals surface area contributed by atoms with Gasteiger partial charge in [-0.15, -0.1) is 5.10 Å². The standard InChI is InChI=1S/C28H34N6O.H2/c1-29-13-12-20(23-14-24(17-30-16-23)21-8-9-21)4-3-7-28(35)32-25-6-2-5-22(15-25)27-18-34(19-31-33-27)26-10-11-26;/h2,4-6,12-17,19,21,26,28-29,32,35H,3,7-11,18H2,1H3;1H/b13-12-,20-4+;. The molecule has 1 atom stereocenters. The molecule has 2 aliphatic carbocycles. The Kier molecular flexibility index (Phi) is 7.23. The fourth-order valence-corrected chi connectivity index (χ4v) is 4.35. The van der Waals surface area contributed by atoms with Crippen LogP contribution in [0.3, 0.4) is 0 Å². The van der Waals surface area contributed by atoms with Crippen LogP contribution in [0.15, 0.2) is 71.3 Å². The summed E-state index contributed by atoms with van der Waals surface area (Å²) in [7, 11) is 1.89. The fraction of sp³-hybridized carbons (Fsp3) is 0.393. The summed E-state index contributed by atoms with van der Waals surface area (Å²) < 4.78 is 0. The molecular weight excluding hydrogens is 436 g/mol. The van der Waals surface area contributed by atoms with Crippen molar-refractivity contribution in [2.75, 3.05) is 18.9 Å². The van der Waals surface area contributed by atoms with Crippen molar-refractivity contribution >= 4 is 23.3 Å². The van der Waals surface area contributed by atoms with Crippen molar-refractivity contribution in [1.82, 2.24) is 15.2 Å². The minimum absolute atomic E-state index is 0. The van der Waals surface area contributed by atoms with Gasteiger partial charge in [-0.25, -0.2) is 0 Å². The molecule has 0 spiro atoms. The summed E-state index contributed by atoms with van der Waals surface area (Å²) in [5.41, 5.74) is 6.43. The molecule has 0 amide bonds. The second kappa shape index (κ2) is 10.9. The number of aliphatic hydroxyl groups is 1. The van der Waals surface area contributed by atoms with Crippen molar-refractivity contribution in [2.45, 2.75) is 56.7 Å². The van der Waals surface area contributed by atoms with Crippen molar-refractivity contribution < 1.29 is 6.53 Å². The quantitative estimate of drug-likeness (QED) is 0.325. The van der Waals surface area contributed by atoms with Crippen molar-refractivity contribution in [3.63, 3.8) is 0 Å². The normalized spacial score (nSPS) is 19.1. The molecule has 7 nitrogen and oxygen atoms in total. The molecule has 184 valence electrons. The van der Waals surface area contributed by atoms with Crippen LogP contribution < -0.4 is 10.6 Å². The lowest BCUT2D eigenvalue weighted by molar-refractivity contribution is 0.194. The number of pyridine rings is 1. The van der Waals surface area contributed by atoms with Crippen LogP contribution in [0.1, 0.15) is 62.6 Å². The zero-order valence-corrected chi connectivity index (χ0v) is 20.3. The van der Waals surface area contributed by atoms with Gasteiger partial charge in [-0.1, -0.05) is 18.2 Å². The summed E-state index contributed by atoms with van der Waals surface area (Å²) in [6.45, 7) is 0.782. The zero-order valence-electron chi connectivity index (χ0n) is 20.3. The van der Waals surface area contributed by atoms with Crippen LogP contribution in [0, 0.1) is 0 Å². The van der Waals surface area contributed by atoms with E-state index in [1.54, 1.807) is 0 Å². The Bertz CT molecular complexity index is 1150. The topological polar surface area (TPSA) is 85.1 Å². The number of hydrogen-bond donors (Lipinski definition) is 3. The maximum absolute atomic E-state index is 10.7. The van der Waals surface area contributed by atoms with Gasteiger partial charge in [-0.05, 0) is 86.1 Å². The van der Waals surface area contributed by atoms with Crippen LogP contribution in [0.5, 0.6) is 0 Å². The molecule has 2 aromatic rings. The zero-order chi connectivity index (χ0) is 24.0. The highest BCUT2D eigenvalue weighted by atomic mass is 16.3. The summed E-state index contributed by atoms with van der Waals surface area (Å²) in [6, 6.07) is 10.9. The first kappa shape index (κ1) is 23.3. The van der Waals surface area contributed by atoms with E-state index in [9.17, 15) is 5.11 Å². The van der Waals surface area contributed by atoms with Gasteiger partial charge >= 0.3 is 0 Å². The van der Waals surface area contributed by atoms with Gasteiger partial charge in [0.15, 0.2) is 0 Å². The number of hydrogen-bond acceptors (Lipinski definition) is 7. The number of aliphatic hydroxyl groups excluding tert-OH is 1. The molecule has 35 heavy (non-hydrogen) atoms. The molecule has 0 radical (unpaired) electrons. The smallest absolute Gasteiger partial charge is 0.124 e. The lowest BCUT2D eigenvalue weighted by Crippen LogP contribution is -2.33. The summed E-state index contributed by atoms with van der Waals surface area (Å²) in [6.07, 6.45) is 17.6. The van der Waals surface area contributed by atoms with Gasteiger partial charge in [-0.2, -0.15) is 5.10 Å². The van der Waals surface area contributed by atoms with Crippen LogP contribution in [-0.2, 0) is 0 Å². The number of nitrogens with zero attached hydrogens (tertiary/aromatic N) is 4. The van der Waals surface area contributed by atoms with Gasteiger partial charge in [-0.3, -0.25) is 4.98 Å². The monoisotopic (exact) mass is 472 g/mol. The molecule has 1 aromatic carbocycles. The van der Waals surface area contributed by atoms with E-state index in [2.05, 4.69) is 55.0 Å². The van der Waals surface area contributed by atoms with Crippen LogP contribution >= 0.6 is 0 Å². The van der Waals surface area contributed by atoms with E-state index in [-0.39, 0.29) is 1.43 Å². The highest BCUT2D eigenvalue weighted by molar-refractivity contribution is 6.04. The van der Waals surface area contributed by atoms with E-state index in [0.717, 1.165) is 41.1 Å². The van der Waals surface area contributed by atoms with E-state index in [1.165, 1.54) is 31.2 Å². The molecular formula is C28H36N6O. The molecule has 3 N–H and O–H groups in total. The third-order valence-corrected chi connectivity index (χ3v) is 6.63. The Hall–Kier alpha value is -3.45. The molecule has 0 bridgehead atoms. The SMILES string of the molecule is CN/C=C\C(=C/CCC(O)Nc1cccc(C2=NN=CN(C3CC3)C2)c1)c1cncc(C2CC2)c1.[HH]. The average molecular weight is 473 g/mol. The number of aromatic nitrogens is 1. The molecule has 2 fully saturated rings. The second-order valence-electron chi connectivity index (χ2n) is 9.56. The number of nitrogens with one attached hydrogen (secondary N) is 2. The van der Waals surface area contributed by atoms with Gasteiger partial charge in [0.25, 0.3) is 0 Å². The Morgan fingerprint density at radius 3 is 2.91 bits per heavy atom. The van der Waals surface area contributed by atoms with Crippen molar-refractivity contribution in [1.29, 1.82) is 0 Å². The Morgan fingerprint density at radius 1 is 1.23 bits per heavy atom. The number of rotatable bonds is 11. The molecule has 3 aliphatic rings. The first-order valence-electron chi connectivity index (χ1n) is 12.6. The van der Waals surface area contributed by atoms with E-state index in [1.807, 2.05) is 50.2 Å². The van der Waals surface area contributed by atoms with Crippen LogP contribution in [-0.4, -0.2) is 52.9 Å². The highest BCUT2D eigenvalue weighted by Crippen LogP contribution is 2.40. The first-order valence-corrected chi connectivity index (χ1v) is 12.6. The third-order valence-electron chi connectivity index (χ3n) is 6.63. The lowest BCUT2D eigenvalue weighted by Gasteiger charge is -2.22. The van der Waals surface area contributed by atoms with E-state index >= 15 is 0 Å². The summed E-state index contributed by atoms with van der Waals surface area (Å²) >= 11 is 0. The molecule has 7 heteroatoms. The van der Waals surface area contributed by atoms with E-state index in [4.69, 9.17) is 0 Å². The summed E-state index contributed by atoms with van der Waals surface area (Å²) in [5, 5.41) is 25.5. The molecule has 2 saturated carbocycles. The third kappa shape index (κ3) is 6.36. The largest absolute Gasteiger partial charge is 0.394 e. The Morgan fingerprint density at radius 2 is 2.11 bits per heavy atom. The number of anilines is 1. The highest BCUT2D eigenvalue weighted by Gasteiger charge is 2.29. The summed E-state index contributed by atoms with van der Waals surface area (Å²) in [5.74, 6) is 0.668. The van der Waals surface area contributed by atoms with Crippen LogP contribution in [0.2, 0.25) is 0 Å². The molecule has 5 rings (SSSR count). The maximum atomic E-state index is 10.7. The van der Waals surface area contributed by atoms with Gasteiger partial charge in [0.05, 0.1) is 12.3 Å². The van der Waals surface area contributed by atoms with Crippen molar-refractivity contribution in [3.8, 4) is 0 Å². The minimum atomic E-state index is -0.652. The first-order chi connectivity index (χ1) is 17.2. The number of benzene rings is 1. The van der Waals surface area contributed by atoms with Crippen LogP contribution in [0.25, 0.3) is 5.57 Å². The summed E-state index contributed by atoms with van der Waals surface area (Å²) in [4.78, 5) is 6.72. The minimum Gasteiger partial charge on any atom is -0.394 e. The fourth-order valence-electron chi connectivity index (χ4n) is 4.35. The van der Waals surface area contributed by atoms with Crippen LogP contribution in [0.4, 0.5) is 5.69 Å². The van der Waals surface area contributed by atoms with E-state index < -0.39 is 6.23 Å². The van der Waals surface area contributed by atoms with Crippen molar-refractivity contribution in [3.05, 3.63) is 77.8 Å². The molecule has 1 aliphatic heterocycles. The maximum Gasteiger partial charge on any atom is 0.124 e. The predicted molar refractivity (Wildman–Crippen MR) is 145 cm³/mol. The van der Waals surface area contributed by atoms with Gasteiger partial charge in [0, 0.05) is 43.7 Å². The Labute approximate surface area is 208 Å². The van der Waals surface area contributed by atoms with Crippen molar-refractivity contribution in [2.24, 2.45) is 10.2 Å². The number of allylic oxidation sites excluding steroid dienone is 3. The molecule has 1 aromatic heterocycles. The lowest BCUT2D eigenvalue weighted by atomic mass is 10.0. The average Bonchev–Trinajstić information content (AvgIpc) is 3.79. The van der Waals surface area contributed by atoms with E-state index in [0.29, 0.717) is 18.4 Å². The predicted octanol–water partition coefficient (Wildman–Crippen LogP) is 4.74. The Balaban J connectivity index is 0.00000304. The van der Waals surface area contributed by atoms with Gasteiger partial charge in [0.1, 0.15) is 12.6 Å². The molecule has 1 unspecified atom stereocenters. The molecule has 2 heterocycles. The molecule has 0 saturated heterocycles.